The maximum Gasteiger partial charge on any atom is 0.294 e. The topological polar surface area (TPSA) is 62.7 Å². The molecule has 1 saturated heterocycles. The Morgan fingerprint density at radius 3 is 2.67 bits per heavy atom. The SMILES string of the molecule is O=COC(c1ccccc1)N1CCN(Cc2cccnc2)C(=O)C1. The summed E-state index contributed by atoms with van der Waals surface area (Å²) in [5.41, 5.74) is 1.86. The first kappa shape index (κ1) is 16.1. The second-order valence-electron chi connectivity index (χ2n) is 5.64. The second-order valence-corrected chi connectivity index (χ2v) is 5.64. The van der Waals surface area contributed by atoms with Crippen molar-refractivity contribution in [1.82, 2.24) is 14.8 Å². The molecule has 0 aliphatic carbocycles. The number of carbonyl (C=O) groups excluding carboxylic acids is 2. The van der Waals surface area contributed by atoms with Crippen molar-refractivity contribution in [2.75, 3.05) is 19.6 Å². The van der Waals surface area contributed by atoms with Gasteiger partial charge < -0.3 is 9.64 Å². The van der Waals surface area contributed by atoms with Crippen molar-refractivity contribution in [2.45, 2.75) is 12.8 Å². The lowest BCUT2D eigenvalue weighted by Gasteiger charge is -2.37. The van der Waals surface area contributed by atoms with E-state index in [2.05, 4.69) is 4.98 Å². The van der Waals surface area contributed by atoms with Crippen LogP contribution >= 0.6 is 0 Å². The second kappa shape index (κ2) is 7.70. The van der Waals surface area contributed by atoms with Crippen LogP contribution in [0.4, 0.5) is 0 Å². The number of carbonyl (C=O) groups is 2. The van der Waals surface area contributed by atoms with E-state index in [4.69, 9.17) is 4.74 Å². The molecule has 2 heterocycles. The summed E-state index contributed by atoms with van der Waals surface area (Å²) in [4.78, 5) is 31.1. The molecule has 124 valence electrons. The number of hydrogen-bond donors (Lipinski definition) is 0. The fourth-order valence-electron chi connectivity index (χ4n) is 2.85. The predicted molar refractivity (Wildman–Crippen MR) is 87.6 cm³/mol. The van der Waals surface area contributed by atoms with Crippen LogP contribution in [-0.2, 0) is 20.9 Å². The molecule has 0 spiro atoms. The third kappa shape index (κ3) is 3.78. The van der Waals surface area contributed by atoms with Crippen molar-refractivity contribution < 1.29 is 14.3 Å². The first-order valence-electron chi connectivity index (χ1n) is 7.82. The Morgan fingerprint density at radius 1 is 1.17 bits per heavy atom. The van der Waals surface area contributed by atoms with Crippen LogP contribution in [0.15, 0.2) is 54.9 Å². The molecule has 1 aromatic heterocycles. The molecular weight excluding hydrogens is 306 g/mol. The molecule has 6 heteroatoms. The monoisotopic (exact) mass is 325 g/mol. The minimum Gasteiger partial charge on any atom is -0.444 e. The maximum atomic E-state index is 12.5. The van der Waals surface area contributed by atoms with Crippen LogP contribution in [-0.4, -0.2) is 46.8 Å². The van der Waals surface area contributed by atoms with Crippen LogP contribution in [0.3, 0.4) is 0 Å². The fraction of sp³-hybridized carbons (Fsp3) is 0.278. The fourth-order valence-corrected chi connectivity index (χ4v) is 2.85. The van der Waals surface area contributed by atoms with Crippen molar-refractivity contribution in [1.29, 1.82) is 0 Å². The molecular formula is C18H19N3O3. The zero-order chi connectivity index (χ0) is 16.8. The zero-order valence-electron chi connectivity index (χ0n) is 13.2. The summed E-state index contributed by atoms with van der Waals surface area (Å²) in [5, 5.41) is 0. The van der Waals surface area contributed by atoms with E-state index in [1.807, 2.05) is 47.4 Å². The molecule has 3 rings (SSSR count). The number of benzene rings is 1. The summed E-state index contributed by atoms with van der Waals surface area (Å²) in [6.45, 7) is 2.42. The van der Waals surface area contributed by atoms with Gasteiger partial charge >= 0.3 is 0 Å². The van der Waals surface area contributed by atoms with Crippen LogP contribution in [0.5, 0.6) is 0 Å². The molecule has 1 unspecified atom stereocenters. The Morgan fingerprint density at radius 2 is 2.00 bits per heavy atom. The van der Waals surface area contributed by atoms with Crippen LogP contribution < -0.4 is 0 Å². The van der Waals surface area contributed by atoms with Crippen LogP contribution in [0.1, 0.15) is 17.4 Å². The van der Waals surface area contributed by atoms with Crippen molar-refractivity contribution in [3.63, 3.8) is 0 Å². The van der Waals surface area contributed by atoms with Crippen LogP contribution in [0.2, 0.25) is 0 Å². The van der Waals surface area contributed by atoms with Gasteiger partial charge in [0.1, 0.15) is 0 Å². The quantitative estimate of drug-likeness (QED) is 0.755. The number of aromatic nitrogens is 1. The van der Waals surface area contributed by atoms with E-state index in [9.17, 15) is 9.59 Å². The molecule has 1 aromatic carbocycles. The summed E-state index contributed by atoms with van der Waals surface area (Å²) < 4.78 is 5.23. The van der Waals surface area contributed by atoms with Gasteiger partial charge in [-0.15, -0.1) is 0 Å². The number of piperazine rings is 1. The molecule has 0 saturated carbocycles. The Labute approximate surface area is 140 Å². The first-order chi connectivity index (χ1) is 11.8. The average molecular weight is 325 g/mol. The van der Waals surface area contributed by atoms with E-state index < -0.39 is 6.23 Å². The number of ether oxygens (including phenoxy) is 1. The van der Waals surface area contributed by atoms with E-state index in [-0.39, 0.29) is 12.5 Å². The first-order valence-corrected chi connectivity index (χ1v) is 7.82. The van der Waals surface area contributed by atoms with Gasteiger partial charge in [-0.2, -0.15) is 0 Å². The van der Waals surface area contributed by atoms with Gasteiger partial charge in [0.25, 0.3) is 6.47 Å². The van der Waals surface area contributed by atoms with E-state index in [0.29, 0.717) is 26.1 Å². The largest absolute Gasteiger partial charge is 0.444 e. The maximum absolute atomic E-state index is 12.5. The number of pyridine rings is 1. The summed E-state index contributed by atoms with van der Waals surface area (Å²) in [6.07, 6.45) is 2.94. The molecule has 0 N–H and O–H groups in total. The van der Waals surface area contributed by atoms with Gasteiger partial charge in [-0.1, -0.05) is 36.4 Å². The normalized spacial score (nSPS) is 16.7. The lowest BCUT2D eigenvalue weighted by molar-refractivity contribution is -0.155. The van der Waals surface area contributed by atoms with Gasteiger partial charge in [-0.05, 0) is 11.6 Å². The summed E-state index contributed by atoms with van der Waals surface area (Å²) in [5.74, 6) is 0.0144. The number of rotatable bonds is 6. The molecule has 1 fully saturated rings. The van der Waals surface area contributed by atoms with E-state index in [0.717, 1.165) is 11.1 Å². The number of hydrogen-bond acceptors (Lipinski definition) is 5. The van der Waals surface area contributed by atoms with Crippen molar-refractivity contribution >= 4 is 12.4 Å². The smallest absolute Gasteiger partial charge is 0.294 e. The molecule has 0 bridgehead atoms. The lowest BCUT2D eigenvalue weighted by atomic mass is 10.1. The minimum atomic E-state index is -0.534. The third-order valence-corrected chi connectivity index (χ3v) is 4.05. The summed E-state index contributed by atoms with van der Waals surface area (Å²) in [7, 11) is 0. The Kier molecular flexibility index (Phi) is 5.18. The van der Waals surface area contributed by atoms with Gasteiger partial charge in [0.05, 0.1) is 6.54 Å². The highest BCUT2D eigenvalue weighted by Gasteiger charge is 2.30. The van der Waals surface area contributed by atoms with Crippen molar-refractivity contribution in [3.05, 3.63) is 66.0 Å². The molecule has 6 nitrogen and oxygen atoms in total. The van der Waals surface area contributed by atoms with Crippen LogP contribution in [0.25, 0.3) is 0 Å². The van der Waals surface area contributed by atoms with Crippen LogP contribution in [0, 0.1) is 0 Å². The average Bonchev–Trinajstić information content (AvgIpc) is 2.63. The van der Waals surface area contributed by atoms with Gasteiger partial charge in [-0.25, -0.2) is 0 Å². The Bertz CT molecular complexity index is 678. The molecule has 1 aliphatic heterocycles. The summed E-state index contributed by atoms with van der Waals surface area (Å²) in [6, 6.07) is 13.3. The van der Waals surface area contributed by atoms with Crippen molar-refractivity contribution in [2.24, 2.45) is 0 Å². The highest BCUT2D eigenvalue weighted by molar-refractivity contribution is 5.79. The summed E-state index contributed by atoms with van der Waals surface area (Å²) >= 11 is 0. The molecule has 24 heavy (non-hydrogen) atoms. The molecule has 1 amide bonds. The molecule has 1 atom stereocenters. The van der Waals surface area contributed by atoms with Gasteiger partial charge in [0, 0.05) is 37.6 Å². The highest BCUT2D eigenvalue weighted by atomic mass is 16.5. The lowest BCUT2D eigenvalue weighted by Crippen LogP contribution is -2.51. The van der Waals surface area contributed by atoms with E-state index in [1.54, 1.807) is 17.3 Å². The third-order valence-electron chi connectivity index (χ3n) is 4.05. The zero-order valence-corrected chi connectivity index (χ0v) is 13.2. The van der Waals surface area contributed by atoms with Crippen molar-refractivity contribution in [3.8, 4) is 0 Å². The Balaban J connectivity index is 1.67. The van der Waals surface area contributed by atoms with Gasteiger partial charge in [0.15, 0.2) is 6.23 Å². The standard InChI is InChI=1S/C18H19N3O3/c22-14-24-18(16-6-2-1-3-7-16)21-10-9-20(17(23)13-21)12-15-5-4-8-19-11-15/h1-8,11,14,18H,9-10,12-13H2. The molecule has 0 radical (unpaired) electrons. The number of nitrogens with zero attached hydrogens (tertiary/aromatic N) is 3. The van der Waals surface area contributed by atoms with E-state index in [1.165, 1.54) is 0 Å². The highest BCUT2D eigenvalue weighted by Crippen LogP contribution is 2.23. The Hall–Kier alpha value is -2.73. The van der Waals surface area contributed by atoms with E-state index >= 15 is 0 Å². The minimum absolute atomic E-state index is 0.0144. The van der Waals surface area contributed by atoms with Gasteiger partial charge in [-0.3, -0.25) is 19.5 Å². The predicted octanol–water partition coefficient (Wildman–Crippen LogP) is 1.60. The molecule has 1 aliphatic rings. The molecule has 2 aromatic rings. The van der Waals surface area contributed by atoms with Gasteiger partial charge in [0.2, 0.25) is 5.91 Å². The number of amides is 1.